The van der Waals surface area contributed by atoms with Crippen molar-refractivity contribution in [1.29, 1.82) is 0 Å². The Bertz CT molecular complexity index is 2480. The predicted octanol–water partition coefficient (Wildman–Crippen LogP) is 8.58. The van der Waals surface area contributed by atoms with Gasteiger partial charge < -0.3 is 23.7 Å². The van der Waals surface area contributed by atoms with Crippen molar-refractivity contribution >= 4 is 0 Å². The number of fused-ring (bicyclic) bond motifs is 1. The largest absolute Gasteiger partial charge is 0.496 e. The van der Waals surface area contributed by atoms with Crippen LogP contribution in [0.5, 0.6) is 17.2 Å². The highest BCUT2D eigenvalue weighted by Gasteiger charge is 2.86. The molecule has 18 rings (SSSR count). The first-order valence-electron chi connectivity index (χ1n) is 25.3. The average Bonchev–Trinajstić information content (AvgIpc) is 4.13. The van der Waals surface area contributed by atoms with Gasteiger partial charge in [-0.1, -0.05) is 45.6 Å². The summed E-state index contributed by atoms with van der Waals surface area (Å²) in [6, 6.07) is 4.50. The smallest absolute Gasteiger partial charge is 0.131 e. The summed E-state index contributed by atoms with van der Waals surface area (Å²) >= 11 is 0. The van der Waals surface area contributed by atoms with Gasteiger partial charge in [-0.25, -0.2) is 0 Å². The quantitative estimate of drug-likeness (QED) is 0.174. The SMILES string of the molecule is COCCOCCN1CC2C3=C4C5=C6C7C(C=C8CC9CC%10C=C%11CC%12CC(=C%13C4C4C5C5C7C8C7C9C%10C8C%11C(C%13%12)C4C8C57)C3)CC62C1c1c(OC)cc(OC)cc1OC. The van der Waals surface area contributed by atoms with Gasteiger partial charge in [-0.15, -0.1) is 0 Å². The van der Waals surface area contributed by atoms with Gasteiger partial charge in [-0.3, -0.25) is 4.90 Å². The van der Waals surface area contributed by atoms with Gasteiger partial charge in [0.15, 0.2) is 0 Å². The molecule has 24 unspecified atom stereocenters. The highest BCUT2D eigenvalue weighted by atomic mass is 16.5. The van der Waals surface area contributed by atoms with Crippen LogP contribution in [0.2, 0.25) is 0 Å². The molecule has 10 saturated carbocycles. The molecule has 1 aromatic rings. The molecule has 1 saturated heterocycles. The van der Waals surface area contributed by atoms with Crippen molar-refractivity contribution in [2.45, 2.75) is 44.6 Å². The molecule has 0 radical (unpaired) electrons. The van der Waals surface area contributed by atoms with E-state index >= 15 is 0 Å². The van der Waals surface area contributed by atoms with Gasteiger partial charge in [-0.05, 0) is 168 Å². The van der Waals surface area contributed by atoms with Crippen LogP contribution in [0.3, 0.4) is 0 Å². The minimum absolute atomic E-state index is 0.0241. The van der Waals surface area contributed by atoms with E-state index in [1.807, 2.05) is 53.2 Å². The highest BCUT2D eigenvalue weighted by Crippen LogP contribution is 2.91. The molecule has 1 spiro atoms. The molecule has 0 bridgehead atoms. The van der Waals surface area contributed by atoms with E-state index < -0.39 is 0 Å². The number of hydrogen-bond donors (Lipinski definition) is 0. The highest BCUT2D eigenvalue weighted by molar-refractivity contribution is 5.69. The fraction of sp³-hybridized carbons (Fsp3) is 0.709. The Hall–Kier alpha value is -2.80. The third-order valence-corrected chi connectivity index (χ3v) is 24.2. The van der Waals surface area contributed by atoms with Crippen LogP contribution in [-0.4, -0.2) is 66.2 Å². The van der Waals surface area contributed by atoms with Gasteiger partial charge in [0.05, 0.1) is 52.8 Å². The predicted molar refractivity (Wildman–Crippen MR) is 227 cm³/mol. The molecular weight excluding hydrogens is 755 g/mol. The Morgan fingerprint density at radius 2 is 1.39 bits per heavy atom. The second kappa shape index (κ2) is 10.5. The molecular formula is C55H61NO5. The van der Waals surface area contributed by atoms with E-state index in [1.165, 1.54) is 44.1 Å². The Morgan fingerprint density at radius 3 is 2.20 bits per heavy atom. The maximum atomic E-state index is 6.54. The molecule has 61 heavy (non-hydrogen) atoms. The molecule has 6 heteroatoms. The second-order valence-corrected chi connectivity index (χ2v) is 24.4. The molecule has 1 aliphatic heterocycles. The molecule has 6 nitrogen and oxygen atoms in total. The first-order chi connectivity index (χ1) is 30.1. The van der Waals surface area contributed by atoms with E-state index in [0.717, 1.165) is 143 Å². The number of nitrogens with zero attached hydrogens (tertiary/aromatic N) is 1. The lowest BCUT2D eigenvalue weighted by molar-refractivity contribution is -0.108. The number of hydrogen-bond acceptors (Lipinski definition) is 6. The van der Waals surface area contributed by atoms with Gasteiger partial charge in [-0.2, -0.15) is 0 Å². The minimum atomic E-state index is 0.0241. The normalized spacial score (nSPS) is 56.0. The van der Waals surface area contributed by atoms with Crippen molar-refractivity contribution < 1.29 is 23.7 Å². The molecule has 0 amide bonds. The summed E-state index contributed by atoms with van der Waals surface area (Å²) in [5, 5.41) is 0. The summed E-state index contributed by atoms with van der Waals surface area (Å²) in [5.74, 6) is 22.3. The molecule has 316 valence electrons. The Labute approximate surface area is 360 Å². The zero-order chi connectivity index (χ0) is 39.4. The number of methoxy groups -OCH3 is 4. The van der Waals surface area contributed by atoms with Crippen LogP contribution in [0.25, 0.3) is 0 Å². The zero-order valence-corrected chi connectivity index (χ0v) is 36.4. The molecule has 11 fully saturated rings. The number of benzene rings is 1. The van der Waals surface area contributed by atoms with Crippen molar-refractivity contribution in [3.8, 4) is 17.2 Å². The number of ether oxygens (including phenoxy) is 5. The first-order valence-corrected chi connectivity index (χ1v) is 25.3. The number of likely N-dealkylation sites (tertiary alicyclic amines) is 1. The van der Waals surface area contributed by atoms with E-state index in [4.69, 9.17) is 23.7 Å². The van der Waals surface area contributed by atoms with Crippen molar-refractivity contribution in [2.24, 2.45) is 136 Å². The molecule has 0 aromatic heterocycles. The van der Waals surface area contributed by atoms with Crippen molar-refractivity contribution in [3.05, 3.63) is 74.4 Å². The lowest BCUT2D eigenvalue weighted by Crippen LogP contribution is -2.56. The standard InChI is InChI=1S/C55H61NO5/c1-57-7-8-61-6-5-56-19-29-28-15-25-13-22-11-23-10-20-9-21-12-24-14-26-18-55(29,54(56)40-30(59-3)16-27(58-2)17-31(40)60-4)53-38(26)44-37(24)43-33(21)32(20)41-36(23)42-34(22)35(25)45-39(28)52(53)51-49(44)47(43)46(41)48(42)50(45)51/h10,14,16-17,20-22,26,29,32-34,36-38,41-51,54H,5-9,11-13,15,18-19H2,1-4H3. The molecule has 17 aliphatic rings. The lowest BCUT2D eigenvalue weighted by Gasteiger charge is -2.60. The van der Waals surface area contributed by atoms with E-state index in [2.05, 4.69) is 34.8 Å². The monoisotopic (exact) mass is 815 g/mol. The van der Waals surface area contributed by atoms with Gasteiger partial charge in [0.2, 0.25) is 0 Å². The Morgan fingerprint density at radius 1 is 0.656 bits per heavy atom. The van der Waals surface area contributed by atoms with Gasteiger partial charge >= 0.3 is 0 Å². The van der Waals surface area contributed by atoms with Crippen LogP contribution >= 0.6 is 0 Å². The van der Waals surface area contributed by atoms with Crippen LogP contribution in [0, 0.1) is 136 Å². The summed E-state index contributed by atoms with van der Waals surface area (Å²) in [6.45, 7) is 4.02. The second-order valence-electron chi connectivity index (χ2n) is 24.4. The van der Waals surface area contributed by atoms with Crippen LogP contribution < -0.4 is 14.2 Å². The van der Waals surface area contributed by atoms with E-state index in [0.29, 0.717) is 37.6 Å². The number of rotatable bonds is 10. The number of allylic oxidation sites excluding steroid dienone is 8. The molecule has 1 aromatic carbocycles. The maximum absolute atomic E-state index is 6.54. The topological polar surface area (TPSA) is 49.4 Å². The van der Waals surface area contributed by atoms with E-state index in [9.17, 15) is 0 Å². The lowest BCUT2D eigenvalue weighted by atomic mass is 9.44. The summed E-state index contributed by atoms with van der Waals surface area (Å²) in [7, 11) is 7.33. The summed E-state index contributed by atoms with van der Waals surface area (Å²) in [5.41, 5.74) is 17.4. The molecule has 24 atom stereocenters. The van der Waals surface area contributed by atoms with E-state index in [1.54, 1.807) is 14.2 Å². The van der Waals surface area contributed by atoms with Gasteiger partial charge in [0, 0.05) is 49.6 Å². The van der Waals surface area contributed by atoms with Crippen LogP contribution in [-0.2, 0) is 9.47 Å². The van der Waals surface area contributed by atoms with Crippen LogP contribution in [0.1, 0.15) is 50.1 Å². The molecule has 16 aliphatic carbocycles. The minimum Gasteiger partial charge on any atom is -0.496 e. The third-order valence-electron chi connectivity index (χ3n) is 24.2. The van der Waals surface area contributed by atoms with Gasteiger partial charge in [0.1, 0.15) is 17.2 Å². The summed E-state index contributed by atoms with van der Waals surface area (Å²) in [4.78, 5) is 2.91. The fourth-order valence-electron chi connectivity index (χ4n) is 24.5. The first kappa shape index (κ1) is 33.7. The van der Waals surface area contributed by atoms with Crippen molar-refractivity contribution in [1.82, 2.24) is 4.90 Å². The summed E-state index contributed by atoms with van der Waals surface area (Å²) < 4.78 is 30.9. The van der Waals surface area contributed by atoms with Crippen molar-refractivity contribution in [3.63, 3.8) is 0 Å². The maximum Gasteiger partial charge on any atom is 0.131 e. The fourth-order valence-corrected chi connectivity index (χ4v) is 24.5. The zero-order valence-electron chi connectivity index (χ0n) is 36.4. The average molecular weight is 816 g/mol. The summed E-state index contributed by atoms with van der Waals surface area (Å²) in [6.07, 6.45) is 14.5. The van der Waals surface area contributed by atoms with Crippen molar-refractivity contribution in [2.75, 3.05) is 61.3 Å². The molecule has 0 N–H and O–H groups in total. The van der Waals surface area contributed by atoms with Crippen LogP contribution in [0.15, 0.2) is 68.9 Å². The van der Waals surface area contributed by atoms with E-state index in [-0.39, 0.29) is 11.5 Å². The Balaban J connectivity index is 0.935. The van der Waals surface area contributed by atoms with Crippen LogP contribution in [0.4, 0.5) is 0 Å². The molecule has 1 heterocycles. The third kappa shape index (κ3) is 3.20. The van der Waals surface area contributed by atoms with Gasteiger partial charge in [0.25, 0.3) is 0 Å². The Kier molecular flexibility index (Phi) is 5.79.